The number of nitrogens with zero attached hydrogens (tertiary/aromatic N) is 2. The fourth-order valence-electron chi connectivity index (χ4n) is 2.79. The zero-order valence-corrected chi connectivity index (χ0v) is 18.1. The lowest BCUT2D eigenvalue weighted by molar-refractivity contribution is -0.386. The second-order valence-corrected chi connectivity index (χ2v) is 7.25. The zero-order valence-electron chi connectivity index (χ0n) is 16.5. The van der Waals surface area contributed by atoms with Gasteiger partial charge in [0.2, 0.25) is 0 Å². The van der Waals surface area contributed by atoms with Crippen molar-refractivity contribution in [3.8, 4) is 17.6 Å². The van der Waals surface area contributed by atoms with Crippen LogP contribution >= 0.6 is 15.9 Å². The van der Waals surface area contributed by atoms with Crippen LogP contribution < -0.4 is 20.7 Å². The number of rotatable bonds is 7. The Balaban J connectivity index is 1.88. The van der Waals surface area contributed by atoms with E-state index in [1.807, 2.05) is 4.98 Å². The first kappa shape index (κ1) is 22.5. The number of ether oxygens (including phenoxy) is 2. The van der Waals surface area contributed by atoms with E-state index in [-0.39, 0.29) is 12.3 Å². The molecule has 32 heavy (non-hydrogen) atoms. The summed E-state index contributed by atoms with van der Waals surface area (Å²) in [6, 6.07) is 12.3. The molecule has 2 aromatic carbocycles. The number of benzene rings is 2. The van der Waals surface area contributed by atoms with Gasteiger partial charge in [-0.25, -0.2) is 4.79 Å². The molecule has 1 heterocycles. The predicted molar refractivity (Wildman–Crippen MR) is 119 cm³/mol. The highest BCUT2D eigenvalue weighted by Crippen LogP contribution is 2.37. The molecule has 11 heteroatoms. The van der Waals surface area contributed by atoms with E-state index in [1.165, 1.54) is 19.3 Å². The van der Waals surface area contributed by atoms with Gasteiger partial charge in [-0.1, -0.05) is 18.2 Å². The average molecular weight is 499 g/mol. The highest BCUT2D eigenvalue weighted by Gasteiger charge is 2.19. The molecule has 0 aliphatic carbocycles. The summed E-state index contributed by atoms with van der Waals surface area (Å²) in [5.74, 6) is 0.825. The molecule has 0 unspecified atom stereocenters. The molecule has 0 aliphatic rings. The first-order chi connectivity index (χ1) is 15.3. The molecule has 3 aromatic rings. The first-order valence-electron chi connectivity index (χ1n) is 9.01. The van der Waals surface area contributed by atoms with E-state index in [1.54, 1.807) is 36.4 Å². The third-order valence-corrected chi connectivity index (χ3v) is 4.88. The van der Waals surface area contributed by atoms with Crippen LogP contribution in [0.15, 0.2) is 50.5 Å². The van der Waals surface area contributed by atoms with Crippen LogP contribution in [-0.4, -0.2) is 22.0 Å². The Kier molecular flexibility index (Phi) is 6.87. The normalized spacial score (nSPS) is 10.7. The molecule has 0 bridgehead atoms. The van der Waals surface area contributed by atoms with Gasteiger partial charge in [0.05, 0.1) is 28.1 Å². The van der Waals surface area contributed by atoms with E-state index >= 15 is 0 Å². The molecular formula is C21H15BrN4O6. The molecule has 1 aromatic heterocycles. The Morgan fingerprint density at radius 3 is 2.53 bits per heavy atom. The van der Waals surface area contributed by atoms with Crippen LogP contribution in [0.3, 0.4) is 0 Å². The van der Waals surface area contributed by atoms with E-state index in [0.717, 1.165) is 5.56 Å². The number of aromatic nitrogens is 2. The molecule has 0 aliphatic heterocycles. The van der Waals surface area contributed by atoms with Gasteiger partial charge in [-0.15, -0.1) is 0 Å². The van der Waals surface area contributed by atoms with Gasteiger partial charge in [0, 0.05) is 0 Å². The van der Waals surface area contributed by atoms with Gasteiger partial charge in [0.1, 0.15) is 12.3 Å². The van der Waals surface area contributed by atoms with Crippen molar-refractivity contribution in [1.29, 1.82) is 5.26 Å². The van der Waals surface area contributed by atoms with Gasteiger partial charge in [-0.05, 0) is 57.4 Å². The quantitative estimate of drug-likeness (QED) is 0.374. The largest absolute Gasteiger partial charge is 0.493 e. The third-order valence-electron chi connectivity index (χ3n) is 4.29. The van der Waals surface area contributed by atoms with Gasteiger partial charge in [-0.3, -0.25) is 19.9 Å². The molecule has 2 N–H and O–H groups in total. The molecule has 0 saturated carbocycles. The van der Waals surface area contributed by atoms with Crippen LogP contribution in [0.25, 0.3) is 12.2 Å². The lowest BCUT2D eigenvalue weighted by atomic mass is 10.1. The van der Waals surface area contributed by atoms with E-state index < -0.39 is 21.9 Å². The smallest absolute Gasteiger partial charge is 0.357 e. The van der Waals surface area contributed by atoms with E-state index in [4.69, 9.17) is 14.7 Å². The Labute approximate surface area is 189 Å². The summed E-state index contributed by atoms with van der Waals surface area (Å²) >= 11 is 3.42. The van der Waals surface area contributed by atoms with Crippen molar-refractivity contribution < 1.29 is 14.4 Å². The van der Waals surface area contributed by atoms with Crippen molar-refractivity contribution in [2.45, 2.75) is 6.61 Å². The average Bonchev–Trinajstić information content (AvgIpc) is 2.76. The Bertz CT molecular complexity index is 1350. The first-order valence-corrected chi connectivity index (χ1v) is 9.80. The number of hydrogen-bond donors (Lipinski definition) is 2. The van der Waals surface area contributed by atoms with Crippen molar-refractivity contribution >= 4 is 33.8 Å². The Morgan fingerprint density at radius 1 is 1.19 bits per heavy atom. The van der Waals surface area contributed by atoms with E-state index in [0.29, 0.717) is 27.1 Å². The molecule has 0 spiro atoms. The fourth-order valence-corrected chi connectivity index (χ4v) is 3.36. The second kappa shape index (κ2) is 9.76. The zero-order chi connectivity index (χ0) is 23.3. The molecule has 162 valence electrons. The maximum atomic E-state index is 11.7. The minimum Gasteiger partial charge on any atom is -0.493 e. The number of halogens is 1. The summed E-state index contributed by atoms with van der Waals surface area (Å²) in [5, 5.41) is 20.0. The SMILES string of the molecule is COc1cc(/C=C\c2[nH]c(=O)[nH]c(=O)c2[N+](=O)[O-])cc(Br)c1OCc1ccc(C#N)cc1. The number of aromatic amines is 2. The molecule has 0 atom stereocenters. The van der Waals surface area contributed by atoms with Gasteiger partial charge in [0.25, 0.3) is 0 Å². The number of hydrogen-bond acceptors (Lipinski definition) is 7. The van der Waals surface area contributed by atoms with Crippen LogP contribution in [0.1, 0.15) is 22.4 Å². The van der Waals surface area contributed by atoms with Gasteiger partial charge in [-0.2, -0.15) is 5.26 Å². The van der Waals surface area contributed by atoms with Gasteiger partial charge in [0.15, 0.2) is 11.5 Å². The van der Waals surface area contributed by atoms with Crippen molar-refractivity contribution in [2.24, 2.45) is 0 Å². The molecule has 0 saturated heterocycles. The monoisotopic (exact) mass is 498 g/mol. The topological polar surface area (TPSA) is 151 Å². The molecular weight excluding hydrogens is 484 g/mol. The maximum absolute atomic E-state index is 11.7. The summed E-state index contributed by atoms with van der Waals surface area (Å²) in [6.45, 7) is 0.232. The molecule has 0 fully saturated rings. The Hall–Kier alpha value is -4.17. The number of nitriles is 1. The van der Waals surface area contributed by atoms with Crippen LogP contribution in [0.4, 0.5) is 5.69 Å². The minimum absolute atomic E-state index is 0.232. The van der Waals surface area contributed by atoms with Crippen LogP contribution in [-0.2, 0) is 6.61 Å². The maximum Gasteiger partial charge on any atom is 0.357 e. The molecule has 10 nitrogen and oxygen atoms in total. The highest BCUT2D eigenvalue weighted by atomic mass is 79.9. The molecule has 0 radical (unpaired) electrons. The van der Waals surface area contributed by atoms with Crippen molar-refractivity contribution in [3.63, 3.8) is 0 Å². The standard InChI is InChI=1S/C21H15BrN4O6/c1-31-17-9-14(6-7-16-18(26(29)30)20(27)25-21(28)24-16)8-15(22)19(17)32-11-13-4-2-12(10-23)3-5-13/h2-9H,11H2,1H3,(H2,24,25,27,28)/b7-6-. The minimum atomic E-state index is -1.09. The second-order valence-electron chi connectivity index (χ2n) is 6.39. The number of nitrogens with one attached hydrogen (secondary N) is 2. The predicted octanol–water partition coefficient (Wildman–Crippen LogP) is 3.36. The van der Waals surface area contributed by atoms with E-state index in [2.05, 4.69) is 27.0 Å². The van der Waals surface area contributed by atoms with Crippen molar-refractivity contribution in [1.82, 2.24) is 9.97 Å². The van der Waals surface area contributed by atoms with Crippen LogP contribution in [0.2, 0.25) is 0 Å². The summed E-state index contributed by atoms with van der Waals surface area (Å²) in [7, 11) is 1.46. The fraction of sp³-hybridized carbons (Fsp3) is 0.0952. The number of methoxy groups -OCH3 is 1. The van der Waals surface area contributed by atoms with Crippen LogP contribution in [0.5, 0.6) is 11.5 Å². The van der Waals surface area contributed by atoms with Crippen molar-refractivity contribution in [2.75, 3.05) is 7.11 Å². The highest BCUT2D eigenvalue weighted by molar-refractivity contribution is 9.10. The number of nitro groups is 1. The summed E-state index contributed by atoms with van der Waals surface area (Å²) in [4.78, 5) is 37.6. The lowest BCUT2D eigenvalue weighted by Gasteiger charge is -2.13. The number of H-pyrrole nitrogens is 2. The summed E-state index contributed by atoms with van der Waals surface area (Å²) in [6.07, 6.45) is 2.74. The van der Waals surface area contributed by atoms with Crippen LogP contribution in [0, 0.1) is 21.4 Å². The van der Waals surface area contributed by atoms with Gasteiger partial charge >= 0.3 is 16.9 Å². The lowest BCUT2D eigenvalue weighted by Crippen LogP contribution is -2.25. The molecule has 3 rings (SSSR count). The molecule has 0 amide bonds. The summed E-state index contributed by atoms with van der Waals surface area (Å²) in [5.41, 5.74) is -0.989. The summed E-state index contributed by atoms with van der Waals surface area (Å²) < 4.78 is 11.8. The Morgan fingerprint density at radius 2 is 1.91 bits per heavy atom. The third kappa shape index (κ3) is 5.11. The van der Waals surface area contributed by atoms with Crippen molar-refractivity contribution in [3.05, 3.63) is 94.2 Å². The van der Waals surface area contributed by atoms with Gasteiger partial charge < -0.3 is 14.5 Å². The van der Waals surface area contributed by atoms with E-state index in [9.17, 15) is 19.7 Å².